The summed E-state index contributed by atoms with van der Waals surface area (Å²) in [6, 6.07) is 139. The summed E-state index contributed by atoms with van der Waals surface area (Å²) in [6.07, 6.45) is 1.96. The van der Waals surface area contributed by atoms with E-state index in [1.807, 2.05) is 152 Å². The number of fused-ring (bicyclic) bond motifs is 20. The highest BCUT2D eigenvalue weighted by Gasteiger charge is 2.43. The smallest absolute Gasteiger partial charge is 0.164 e. The second kappa shape index (κ2) is 34.0. The average molecular weight is 1890 g/mol. The van der Waals surface area contributed by atoms with E-state index < -0.39 is 0 Å². The predicted molar refractivity (Wildman–Crippen MR) is 588 cm³/mol. The number of ether oxygens (including phenoxy) is 2. The summed E-state index contributed by atoms with van der Waals surface area (Å²) in [5.74, 6) is 7.92. The van der Waals surface area contributed by atoms with E-state index in [2.05, 4.69) is 298 Å². The van der Waals surface area contributed by atoms with Crippen molar-refractivity contribution in [3.63, 3.8) is 0 Å². The number of aromatic nitrogens is 9. The molecule has 0 bridgehead atoms. The van der Waals surface area contributed by atoms with E-state index in [0.717, 1.165) is 159 Å². The molecule has 146 heavy (non-hydrogen) atoms. The molecule has 0 saturated heterocycles. The third-order valence-electron chi connectivity index (χ3n) is 31.0. The average Bonchev–Trinajstić information content (AvgIpc) is 1.56. The molecule has 0 radical (unpaired) electrons. The van der Waals surface area contributed by atoms with Crippen molar-refractivity contribution in [2.75, 3.05) is 13.2 Å². The van der Waals surface area contributed by atoms with Gasteiger partial charge in [-0.3, -0.25) is 0 Å². The summed E-state index contributed by atoms with van der Waals surface area (Å²) in [6.45, 7) is 20.1. The number of furan rings is 2. The lowest BCUT2D eigenvalue weighted by atomic mass is 9.81. The molecule has 2 aliphatic heterocycles. The van der Waals surface area contributed by atoms with E-state index in [-0.39, 0.29) is 21.7 Å². The van der Waals surface area contributed by atoms with Crippen molar-refractivity contribution in [1.29, 1.82) is 0 Å². The lowest BCUT2D eigenvalue weighted by molar-refractivity contribution is 0.356. The minimum atomic E-state index is -0.192. The van der Waals surface area contributed by atoms with Crippen LogP contribution in [0.4, 0.5) is 0 Å². The molecule has 23 aromatic rings. The molecule has 0 amide bonds. The summed E-state index contributed by atoms with van der Waals surface area (Å²) in [4.78, 5) is 45.5. The van der Waals surface area contributed by atoms with Gasteiger partial charge in [-0.1, -0.05) is 359 Å². The minimum Gasteiger partial charge on any atom is -0.493 e. The molecule has 0 N–H and O–H groups in total. The Morgan fingerprint density at radius 1 is 0.185 bits per heavy atom. The van der Waals surface area contributed by atoms with Gasteiger partial charge in [0.05, 0.1) is 13.2 Å². The van der Waals surface area contributed by atoms with Crippen LogP contribution in [0.3, 0.4) is 0 Å². The molecule has 4 aliphatic carbocycles. The number of benzene rings is 18. The topological polar surface area (TPSA) is 161 Å². The Morgan fingerprint density at radius 3 is 0.959 bits per heavy atom. The first-order chi connectivity index (χ1) is 71.3. The van der Waals surface area contributed by atoms with Gasteiger partial charge in [0.25, 0.3) is 0 Å². The van der Waals surface area contributed by atoms with Crippen molar-refractivity contribution >= 4 is 43.9 Å². The van der Waals surface area contributed by atoms with Gasteiger partial charge in [-0.2, -0.15) is 0 Å². The molecular formula is C133H97N9O4. The molecular weight excluding hydrogens is 1790 g/mol. The van der Waals surface area contributed by atoms with E-state index in [0.29, 0.717) is 52.4 Å². The van der Waals surface area contributed by atoms with Gasteiger partial charge in [-0.25, -0.2) is 44.9 Å². The lowest BCUT2D eigenvalue weighted by Gasteiger charge is -2.22. The maximum atomic E-state index is 6.32. The van der Waals surface area contributed by atoms with E-state index in [1.165, 1.54) is 106 Å². The summed E-state index contributed by atoms with van der Waals surface area (Å²) in [5.41, 5.74) is 41.9. The van der Waals surface area contributed by atoms with Crippen LogP contribution in [0.1, 0.15) is 111 Å². The fourth-order valence-electron chi connectivity index (χ4n) is 23.3. The molecule has 18 aromatic carbocycles. The van der Waals surface area contributed by atoms with Crippen LogP contribution in [0.2, 0.25) is 0 Å². The first-order valence-electron chi connectivity index (χ1n) is 50.3. The Kier molecular flexibility index (Phi) is 20.3. The molecule has 0 unspecified atom stereocenters. The van der Waals surface area contributed by atoms with Gasteiger partial charge in [0.1, 0.15) is 33.8 Å². The van der Waals surface area contributed by atoms with Crippen LogP contribution >= 0.6 is 0 Å². The zero-order valence-corrected chi connectivity index (χ0v) is 82.0. The molecule has 0 saturated carbocycles. The van der Waals surface area contributed by atoms with Crippen molar-refractivity contribution in [1.82, 2.24) is 44.9 Å². The molecule has 0 spiro atoms. The minimum absolute atomic E-state index is 0.108. The van der Waals surface area contributed by atoms with Gasteiger partial charge in [0.2, 0.25) is 0 Å². The lowest BCUT2D eigenvalue weighted by Crippen LogP contribution is -2.15. The van der Waals surface area contributed by atoms with E-state index >= 15 is 0 Å². The number of rotatable bonds is 12. The maximum absolute atomic E-state index is 6.32. The second-order valence-corrected chi connectivity index (χ2v) is 41.2. The number of para-hydroxylation sites is 2. The van der Waals surface area contributed by atoms with E-state index in [4.69, 9.17) is 63.2 Å². The molecule has 0 atom stereocenters. The van der Waals surface area contributed by atoms with Crippen molar-refractivity contribution in [2.45, 2.75) is 89.9 Å². The van der Waals surface area contributed by atoms with Crippen LogP contribution < -0.4 is 9.47 Å². The van der Waals surface area contributed by atoms with Crippen LogP contribution in [0.25, 0.3) is 224 Å². The molecule has 7 heterocycles. The number of hydrogen-bond acceptors (Lipinski definition) is 13. The normalized spacial score (nSPS) is 14.2. The Labute approximate surface area is 846 Å². The maximum Gasteiger partial charge on any atom is 0.164 e. The van der Waals surface area contributed by atoms with Gasteiger partial charge in [-0.05, 0) is 225 Å². The predicted octanol–water partition coefficient (Wildman–Crippen LogP) is 32.5. The molecule has 5 aromatic heterocycles. The monoisotopic (exact) mass is 1880 g/mol. The van der Waals surface area contributed by atoms with Crippen molar-refractivity contribution < 1.29 is 18.3 Å². The number of hydrogen-bond donors (Lipinski definition) is 0. The molecule has 29 rings (SSSR count). The SMILES string of the molecule is CC1(C)c2cc(-c3cccc(-c4nc(-c5ccccc5)nc(-c5cccc6c5-c5ccccc5C6(C)C)n4)c3)ccc2-c2cc3c(cc21)oc1ccccc13.CC1(C)c2cc(-c3cccc(-c4nc(-c5ccccc5)nc(-c5cccc6oc7ccccc7c56)n4)c3)ccc2-c2cc3c(cc21)OCC3.CC1(C)c2cc(-c3cccc(-c4nc(-c5ccccc5)nc(-c5ccccc5)n4)c3)ccc2-c2cc3c(cc21)OCC3. The third-order valence-corrected chi connectivity index (χ3v) is 31.0. The third kappa shape index (κ3) is 14.6. The highest BCUT2D eigenvalue weighted by Crippen LogP contribution is 2.58. The van der Waals surface area contributed by atoms with Crippen molar-refractivity contribution in [3.05, 3.63) is 450 Å². The van der Waals surface area contributed by atoms with E-state index in [9.17, 15) is 0 Å². The van der Waals surface area contributed by atoms with Gasteiger partial charge in [-0.15, -0.1) is 0 Å². The Balaban J connectivity index is 0.000000110. The van der Waals surface area contributed by atoms with Gasteiger partial charge < -0.3 is 18.3 Å². The summed E-state index contributed by atoms with van der Waals surface area (Å²) in [7, 11) is 0. The fourth-order valence-corrected chi connectivity index (χ4v) is 23.3. The van der Waals surface area contributed by atoms with Gasteiger partial charge in [0, 0.05) is 106 Å². The van der Waals surface area contributed by atoms with Crippen molar-refractivity contribution in [2.24, 2.45) is 0 Å². The molecule has 0 fully saturated rings. The van der Waals surface area contributed by atoms with Crippen LogP contribution in [0.5, 0.6) is 11.5 Å². The second-order valence-electron chi connectivity index (χ2n) is 41.2. The summed E-state index contributed by atoms with van der Waals surface area (Å²) < 4.78 is 24.4. The van der Waals surface area contributed by atoms with Crippen molar-refractivity contribution in [3.8, 4) is 192 Å². The van der Waals surface area contributed by atoms with Crippen LogP contribution in [0, 0.1) is 0 Å². The Bertz CT molecular complexity index is 9270. The van der Waals surface area contributed by atoms with Gasteiger partial charge >= 0.3 is 0 Å². The fraction of sp³-hybridized carbons (Fsp3) is 0.120. The Hall–Kier alpha value is -17.8. The summed E-state index contributed by atoms with van der Waals surface area (Å²) >= 11 is 0. The van der Waals surface area contributed by atoms with Crippen LogP contribution in [0.15, 0.2) is 403 Å². The molecule has 698 valence electrons. The molecule has 6 aliphatic rings. The van der Waals surface area contributed by atoms with Gasteiger partial charge in [0.15, 0.2) is 52.4 Å². The largest absolute Gasteiger partial charge is 0.493 e. The number of nitrogens with zero attached hydrogens (tertiary/aromatic N) is 9. The molecule has 13 heteroatoms. The Morgan fingerprint density at radius 2 is 0.493 bits per heavy atom. The first kappa shape index (κ1) is 87.2. The standard InChI is InChI=1S/C51H37N3O.C44H31N3O2.C38H29N3O/c1-50(2)40-21-10-8-19-36(40)46-37(20-13-22-41(46)50)49-53-47(30-14-6-5-7-15-30)52-48(54-49)33-17-12-16-31(26-33)32-24-25-34-38-28-39-35-18-9-11-23-44(35)55-45(39)29-43(38)51(3,4)42(34)27-32;1-44(2)35-24-28(18-19-31(35)34-23-29-20-21-48-39(29)25-36(34)44)27-12-8-13-30(22-27)42-45-41(26-10-4-3-5-11-26)46-43(47-42)33-15-9-17-38-40(33)32-14-6-7-16-37(32)49-38;1-38(2)32-22-27(16-17-30(32)31-21-28-18-19-42-34(28)23-33(31)38)26-14-9-15-29(20-26)37-40-35(24-10-5-3-6-11-24)39-36(41-37)25-12-7-4-8-13-25/h5-29H,1-4H3;3-19,22-25H,20-21H2,1-2H3;3-17,20-23H,18-19H2,1-2H3. The summed E-state index contributed by atoms with van der Waals surface area (Å²) in [5, 5.41) is 4.36. The highest BCUT2D eigenvalue weighted by molar-refractivity contribution is 6.12. The van der Waals surface area contributed by atoms with Crippen LogP contribution in [-0.2, 0) is 34.5 Å². The zero-order valence-electron chi connectivity index (χ0n) is 82.0. The highest BCUT2D eigenvalue weighted by atomic mass is 16.5. The van der Waals surface area contributed by atoms with Crippen LogP contribution in [-0.4, -0.2) is 58.1 Å². The zero-order chi connectivity index (χ0) is 98.0. The molecule has 13 nitrogen and oxygen atoms in total. The quantitative estimate of drug-likeness (QED) is 0.114. The first-order valence-corrected chi connectivity index (χ1v) is 50.3. The van der Waals surface area contributed by atoms with E-state index in [1.54, 1.807) is 0 Å².